The van der Waals surface area contributed by atoms with Crippen molar-refractivity contribution in [3.05, 3.63) is 53.2 Å². The van der Waals surface area contributed by atoms with Crippen LogP contribution in [0.15, 0.2) is 47.5 Å². The molecule has 0 aliphatic rings. The molecule has 0 radical (unpaired) electrons. The van der Waals surface area contributed by atoms with E-state index in [-0.39, 0.29) is 11.4 Å². The molecular formula is C12H13ClN4O2S. The Labute approximate surface area is 122 Å². The Kier molecular flexibility index (Phi) is 4.56. The number of halogens is 1. The topological polar surface area (TPSA) is 97.1 Å². The second kappa shape index (κ2) is 6.19. The van der Waals surface area contributed by atoms with Crippen molar-refractivity contribution >= 4 is 27.4 Å². The van der Waals surface area contributed by atoms with Gasteiger partial charge in [-0.15, -0.1) is 0 Å². The fourth-order valence-corrected chi connectivity index (χ4v) is 2.68. The van der Waals surface area contributed by atoms with Gasteiger partial charge in [0.15, 0.2) is 0 Å². The van der Waals surface area contributed by atoms with E-state index >= 15 is 0 Å². The summed E-state index contributed by atoms with van der Waals surface area (Å²) in [5.41, 5.74) is 3.03. The largest absolute Gasteiger partial charge is 0.308 e. The third kappa shape index (κ3) is 3.45. The van der Waals surface area contributed by atoms with Crippen LogP contribution in [0, 0.1) is 0 Å². The van der Waals surface area contributed by atoms with Gasteiger partial charge in [0, 0.05) is 17.8 Å². The van der Waals surface area contributed by atoms with Crippen LogP contribution >= 0.6 is 11.6 Å². The number of nitrogen functional groups attached to an aromatic ring is 1. The highest BCUT2D eigenvalue weighted by Crippen LogP contribution is 2.16. The average molecular weight is 313 g/mol. The minimum Gasteiger partial charge on any atom is -0.308 e. The Balaban J connectivity index is 2.13. The number of nitrogens with one attached hydrogen (secondary N) is 2. The van der Waals surface area contributed by atoms with E-state index < -0.39 is 10.0 Å². The van der Waals surface area contributed by atoms with Crippen LogP contribution < -0.4 is 16.0 Å². The molecule has 4 N–H and O–H groups in total. The van der Waals surface area contributed by atoms with Crippen molar-refractivity contribution in [2.24, 2.45) is 5.84 Å². The van der Waals surface area contributed by atoms with Gasteiger partial charge in [0.1, 0.15) is 10.7 Å². The molecule has 0 saturated carbocycles. The molecule has 1 heterocycles. The highest BCUT2D eigenvalue weighted by Gasteiger charge is 2.14. The van der Waals surface area contributed by atoms with Crippen molar-refractivity contribution in [3.63, 3.8) is 0 Å². The second-order valence-corrected chi connectivity index (χ2v) is 6.11. The van der Waals surface area contributed by atoms with Crippen molar-refractivity contribution in [1.29, 1.82) is 0 Å². The van der Waals surface area contributed by atoms with E-state index in [9.17, 15) is 8.42 Å². The zero-order valence-corrected chi connectivity index (χ0v) is 11.9. The fourth-order valence-electron chi connectivity index (χ4n) is 1.52. The number of benzene rings is 1. The molecule has 0 bridgehead atoms. The number of sulfonamides is 1. The molecule has 106 valence electrons. The summed E-state index contributed by atoms with van der Waals surface area (Å²) in [4.78, 5) is 3.91. The summed E-state index contributed by atoms with van der Waals surface area (Å²) < 4.78 is 26.6. The molecule has 0 unspecified atom stereocenters. The van der Waals surface area contributed by atoms with Gasteiger partial charge in [-0.2, -0.15) is 0 Å². The van der Waals surface area contributed by atoms with Crippen molar-refractivity contribution in [2.75, 3.05) is 5.43 Å². The zero-order chi connectivity index (χ0) is 14.6. The molecule has 2 rings (SSSR count). The summed E-state index contributed by atoms with van der Waals surface area (Å²) in [5, 5.41) is 0.510. The molecule has 1 aromatic carbocycles. The Bertz CT molecular complexity index is 689. The third-order valence-electron chi connectivity index (χ3n) is 2.61. The third-order valence-corrected chi connectivity index (χ3v) is 4.36. The van der Waals surface area contributed by atoms with Gasteiger partial charge in [-0.05, 0) is 23.8 Å². The molecule has 0 aliphatic heterocycles. The highest BCUT2D eigenvalue weighted by atomic mass is 35.5. The SMILES string of the molecule is NNc1ccc(S(=O)(=O)NCc2ccccc2Cl)cn1. The molecule has 8 heteroatoms. The summed E-state index contributed by atoms with van der Waals surface area (Å²) in [6, 6.07) is 9.92. The molecule has 0 fully saturated rings. The Morgan fingerprint density at radius 2 is 1.95 bits per heavy atom. The smallest absolute Gasteiger partial charge is 0.242 e. The molecule has 0 amide bonds. The van der Waals surface area contributed by atoms with Crippen molar-refractivity contribution in [1.82, 2.24) is 9.71 Å². The van der Waals surface area contributed by atoms with Crippen LogP contribution in [0.25, 0.3) is 0 Å². The van der Waals surface area contributed by atoms with Crippen molar-refractivity contribution < 1.29 is 8.42 Å². The number of pyridine rings is 1. The molecular weight excluding hydrogens is 300 g/mol. The van der Waals surface area contributed by atoms with E-state index in [1.807, 2.05) is 0 Å². The lowest BCUT2D eigenvalue weighted by Gasteiger charge is -2.08. The molecule has 20 heavy (non-hydrogen) atoms. The van der Waals surface area contributed by atoms with Crippen LogP contribution in [0.4, 0.5) is 5.82 Å². The molecule has 0 atom stereocenters. The van der Waals surface area contributed by atoms with E-state index in [4.69, 9.17) is 17.4 Å². The summed E-state index contributed by atoms with van der Waals surface area (Å²) in [6.07, 6.45) is 1.23. The Hall–Kier alpha value is -1.67. The maximum atomic E-state index is 12.1. The number of nitrogens with zero attached hydrogens (tertiary/aromatic N) is 1. The van der Waals surface area contributed by atoms with E-state index in [2.05, 4.69) is 15.1 Å². The van der Waals surface area contributed by atoms with Crippen LogP contribution in [-0.4, -0.2) is 13.4 Å². The average Bonchev–Trinajstić information content (AvgIpc) is 2.46. The van der Waals surface area contributed by atoms with Crippen LogP contribution in [0.1, 0.15) is 5.56 Å². The lowest BCUT2D eigenvalue weighted by Crippen LogP contribution is -2.23. The number of hydrazine groups is 1. The van der Waals surface area contributed by atoms with E-state index in [1.54, 1.807) is 24.3 Å². The molecule has 2 aromatic rings. The van der Waals surface area contributed by atoms with Gasteiger partial charge < -0.3 is 5.43 Å². The first kappa shape index (κ1) is 14.7. The van der Waals surface area contributed by atoms with Crippen LogP contribution in [0.2, 0.25) is 5.02 Å². The molecule has 1 aromatic heterocycles. The maximum Gasteiger partial charge on any atom is 0.242 e. The number of hydrogen-bond acceptors (Lipinski definition) is 5. The van der Waals surface area contributed by atoms with Crippen molar-refractivity contribution in [3.8, 4) is 0 Å². The number of hydrogen-bond donors (Lipinski definition) is 3. The van der Waals surface area contributed by atoms with Gasteiger partial charge >= 0.3 is 0 Å². The summed E-state index contributed by atoms with van der Waals surface area (Å²) in [7, 11) is -3.64. The standard InChI is InChI=1S/C12H13ClN4O2S/c13-11-4-2-1-3-9(11)7-16-20(18,19)10-5-6-12(17-14)15-8-10/h1-6,8,16H,7,14H2,(H,15,17). The van der Waals surface area contributed by atoms with Crippen LogP contribution in [0.5, 0.6) is 0 Å². The summed E-state index contributed by atoms with van der Waals surface area (Å²) in [5.74, 6) is 5.55. The summed E-state index contributed by atoms with van der Waals surface area (Å²) in [6.45, 7) is 0.110. The Morgan fingerprint density at radius 3 is 2.55 bits per heavy atom. The highest BCUT2D eigenvalue weighted by molar-refractivity contribution is 7.89. The van der Waals surface area contributed by atoms with Gasteiger partial charge in [-0.3, -0.25) is 0 Å². The normalized spacial score (nSPS) is 11.3. The number of anilines is 1. The minimum atomic E-state index is -3.64. The minimum absolute atomic E-state index is 0.0588. The van der Waals surface area contributed by atoms with Gasteiger partial charge in [0.25, 0.3) is 0 Å². The van der Waals surface area contributed by atoms with Gasteiger partial charge in [-0.25, -0.2) is 24.0 Å². The van der Waals surface area contributed by atoms with Gasteiger partial charge in [0.05, 0.1) is 0 Å². The molecule has 0 saturated heterocycles. The molecule has 0 aliphatic carbocycles. The summed E-state index contributed by atoms with van der Waals surface area (Å²) >= 11 is 5.97. The number of aromatic nitrogens is 1. The van der Waals surface area contributed by atoms with Gasteiger partial charge in [-0.1, -0.05) is 29.8 Å². The van der Waals surface area contributed by atoms with Crippen LogP contribution in [-0.2, 0) is 16.6 Å². The van der Waals surface area contributed by atoms with E-state index in [0.717, 1.165) is 0 Å². The number of nitrogens with two attached hydrogens (primary N) is 1. The van der Waals surface area contributed by atoms with Gasteiger partial charge in [0.2, 0.25) is 10.0 Å². The second-order valence-electron chi connectivity index (χ2n) is 3.94. The number of rotatable bonds is 5. The predicted octanol–water partition coefficient (Wildman–Crippen LogP) is 1.50. The Morgan fingerprint density at radius 1 is 1.20 bits per heavy atom. The first-order valence-electron chi connectivity index (χ1n) is 5.68. The van der Waals surface area contributed by atoms with Crippen LogP contribution in [0.3, 0.4) is 0 Å². The first-order valence-corrected chi connectivity index (χ1v) is 7.55. The monoisotopic (exact) mass is 312 g/mol. The maximum absolute atomic E-state index is 12.1. The fraction of sp³-hybridized carbons (Fsp3) is 0.0833. The quantitative estimate of drug-likeness (QED) is 0.574. The lowest BCUT2D eigenvalue weighted by molar-refractivity contribution is 0.581. The lowest BCUT2D eigenvalue weighted by atomic mass is 10.2. The predicted molar refractivity (Wildman–Crippen MR) is 77.5 cm³/mol. The molecule has 0 spiro atoms. The zero-order valence-electron chi connectivity index (χ0n) is 10.4. The van der Waals surface area contributed by atoms with E-state index in [1.165, 1.54) is 18.3 Å². The van der Waals surface area contributed by atoms with Crippen molar-refractivity contribution in [2.45, 2.75) is 11.4 Å². The van der Waals surface area contributed by atoms with E-state index in [0.29, 0.717) is 16.4 Å². The first-order chi connectivity index (χ1) is 9.53. The molecule has 6 nitrogen and oxygen atoms in total.